The summed E-state index contributed by atoms with van der Waals surface area (Å²) in [5.41, 5.74) is 10.2. The van der Waals surface area contributed by atoms with Gasteiger partial charge >= 0.3 is 0 Å². The molecule has 0 saturated carbocycles. The second-order valence-corrected chi connectivity index (χ2v) is 8.43. The summed E-state index contributed by atoms with van der Waals surface area (Å²) >= 11 is 1.47. The first-order valence-electron chi connectivity index (χ1n) is 10.9. The lowest BCUT2D eigenvalue weighted by molar-refractivity contribution is 0.627. The van der Waals surface area contributed by atoms with Gasteiger partial charge in [0.15, 0.2) is 5.13 Å². The van der Waals surface area contributed by atoms with Gasteiger partial charge in [-0.2, -0.15) is 5.26 Å². The lowest BCUT2D eigenvalue weighted by atomic mass is 10.1. The number of hydrogen-bond acceptors (Lipinski definition) is 7. The highest BCUT2D eigenvalue weighted by molar-refractivity contribution is 7.14. The Morgan fingerprint density at radius 2 is 2.03 bits per heavy atom. The molecule has 0 unspecified atom stereocenters. The molecule has 3 heterocycles. The predicted octanol–water partition coefficient (Wildman–Crippen LogP) is 4.58. The number of nitrogens with two attached hydrogens (primary N) is 1. The summed E-state index contributed by atoms with van der Waals surface area (Å²) in [6, 6.07) is 10.3. The quantitative estimate of drug-likeness (QED) is 0.411. The number of likely N-dealkylation sites (N-methyl/N-ethyl adjacent to an activating group) is 1. The fourth-order valence-corrected chi connectivity index (χ4v) is 4.73. The zero-order valence-corrected chi connectivity index (χ0v) is 19.7. The summed E-state index contributed by atoms with van der Waals surface area (Å²) in [4.78, 5) is 13.8. The Balaban J connectivity index is 1.77. The molecular weight excluding hydrogens is 437 g/mol. The normalized spacial score (nSPS) is 11.0. The molecule has 0 aliphatic carbocycles. The highest BCUT2D eigenvalue weighted by atomic mass is 32.1. The number of imidazole rings is 1. The van der Waals surface area contributed by atoms with Crippen LogP contribution in [0.4, 0.5) is 21.0 Å². The van der Waals surface area contributed by atoms with Crippen LogP contribution in [-0.2, 0) is 6.42 Å². The highest BCUT2D eigenvalue weighted by Crippen LogP contribution is 2.35. The third-order valence-corrected chi connectivity index (χ3v) is 6.52. The monoisotopic (exact) mass is 463 g/mol. The SMILES string of the molecule is CCc1nc2ccc(N(CC)CCN)cn2c1N(C)c1nc(-c2ccc(F)cc2C#N)cs1. The van der Waals surface area contributed by atoms with Gasteiger partial charge in [0.1, 0.15) is 17.3 Å². The molecule has 0 aliphatic heterocycles. The molecule has 33 heavy (non-hydrogen) atoms. The van der Waals surface area contributed by atoms with Crippen LogP contribution in [0.25, 0.3) is 16.9 Å². The van der Waals surface area contributed by atoms with E-state index in [1.165, 1.54) is 23.5 Å². The maximum Gasteiger partial charge on any atom is 0.191 e. The number of hydrogen-bond donors (Lipinski definition) is 1. The maximum absolute atomic E-state index is 13.6. The first kappa shape index (κ1) is 22.7. The van der Waals surface area contributed by atoms with E-state index in [9.17, 15) is 9.65 Å². The molecule has 4 rings (SSSR count). The van der Waals surface area contributed by atoms with Gasteiger partial charge in [-0.05, 0) is 43.7 Å². The third-order valence-electron chi connectivity index (χ3n) is 5.60. The third kappa shape index (κ3) is 4.27. The van der Waals surface area contributed by atoms with Crippen LogP contribution in [0.15, 0.2) is 41.9 Å². The summed E-state index contributed by atoms with van der Waals surface area (Å²) < 4.78 is 15.7. The number of anilines is 3. The van der Waals surface area contributed by atoms with Crippen LogP contribution >= 0.6 is 11.3 Å². The molecule has 0 bridgehead atoms. The summed E-state index contributed by atoms with van der Waals surface area (Å²) in [5, 5.41) is 12.1. The van der Waals surface area contributed by atoms with E-state index in [2.05, 4.69) is 41.5 Å². The van der Waals surface area contributed by atoms with Crippen molar-refractivity contribution >= 4 is 33.6 Å². The minimum Gasteiger partial charge on any atom is -0.369 e. The van der Waals surface area contributed by atoms with Crippen LogP contribution in [0.1, 0.15) is 25.1 Å². The van der Waals surface area contributed by atoms with Gasteiger partial charge in [-0.1, -0.05) is 6.92 Å². The first-order valence-corrected chi connectivity index (χ1v) is 11.7. The molecular formula is C24H26FN7S. The molecule has 1 aromatic carbocycles. The molecule has 2 N–H and O–H groups in total. The van der Waals surface area contributed by atoms with E-state index in [0.29, 0.717) is 17.8 Å². The number of aryl methyl sites for hydroxylation is 1. The van der Waals surface area contributed by atoms with E-state index in [-0.39, 0.29) is 5.56 Å². The number of nitrogens with zero attached hydrogens (tertiary/aromatic N) is 6. The van der Waals surface area contributed by atoms with Gasteiger partial charge in [-0.25, -0.2) is 14.4 Å². The van der Waals surface area contributed by atoms with Crippen molar-refractivity contribution < 1.29 is 4.39 Å². The Morgan fingerprint density at radius 1 is 1.21 bits per heavy atom. The average molecular weight is 464 g/mol. The summed E-state index contributed by atoms with van der Waals surface area (Å²) in [6.45, 7) is 6.41. The Hall–Kier alpha value is -3.48. The van der Waals surface area contributed by atoms with Crippen molar-refractivity contribution in [3.05, 3.63) is 59.0 Å². The average Bonchev–Trinajstić information content (AvgIpc) is 3.46. The van der Waals surface area contributed by atoms with Gasteiger partial charge in [0, 0.05) is 43.8 Å². The van der Waals surface area contributed by atoms with Crippen LogP contribution in [0.3, 0.4) is 0 Å². The standard InChI is InChI=1S/C24H26FN7S/c1-4-20-23(32-14-18(7-9-22(32)28-20)31(5-2)11-10-26)30(3)24-29-21(15-33-24)19-8-6-17(25)12-16(19)13-27/h6-9,12,14-15H,4-5,10-11,26H2,1-3H3. The van der Waals surface area contributed by atoms with Gasteiger partial charge in [0.25, 0.3) is 0 Å². The van der Waals surface area contributed by atoms with Gasteiger partial charge in [0.05, 0.1) is 28.7 Å². The van der Waals surface area contributed by atoms with E-state index >= 15 is 0 Å². The Kier molecular flexibility index (Phi) is 6.58. The molecule has 9 heteroatoms. The van der Waals surface area contributed by atoms with Crippen molar-refractivity contribution in [3.8, 4) is 17.3 Å². The molecule has 3 aromatic heterocycles. The summed E-state index contributed by atoms with van der Waals surface area (Å²) in [5.74, 6) is 0.506. The number of halogens is 1. The minimum absolute atomic E-state index is 0.266. The van der Waals surface area contributed by atoms with Gasteiger partial charge < -0.3 is 15.5 Å². The van der Waals surface area contributed by atoms with E-state index < -0.39 is 5.82 Å². The van der Waals surface area contributed by atoms with Crippen molar-refractivity contribution in [3.63, 3.8) is 0 Å². The molecule has 0 amide bonds. The van der Waals surface area contributed by atoms with E-state index in [0.717, 1.165) is 47.5 Å². The van der Waals surface area contributed by atoms with Crippen molar-refractivity contribution in [1.82, 2.24) is 14.4 Å². The molecule has 0 fully saturated rings. The topological polar surface area (TPSA) is 86.5 Å². The maximum atomic E-state index is 13.6. The van der Waals surface area contributed by atoms with Crippen molar-refractivity contribution in [2.75, 3.05) is 36.5 Å². The second-order valence-electron chi connectivity index (χ2n) is 7.60. The lowest BCUT2D eigenvalue weighted by Crippen LogP contribution is -2.29. The smallest absolute Gasteiger partial charge is 0.191 e. The van der Waals surface area contributed by atoms with Crippen LogP contribution in [0.5, 0.6) is 0 Å². The molecule has 170 valence electrons. The second kappa shape index (κ2) is 9.57. The van der Waals surface area contributed by atoms with Crippen molar-refractivity contribution in [2.45, 2.75) is 20.3 Å². The first-order chi connectivity index (χ1) is 16.0. The Labute approximate surface area is 196 Å². The molecule has 0 radical (unpaired) electrons. The predicted molar refractivity (Wildman–Crippen MR) is 132 cm³/mol. The molecule has 7 nitrogen and oxygen atoms in total. The van der Waals surface area contributed by atoms with Crippen molar-refractivity contribution in [1.29, 1.82) is 5.26 Å². The lowest BCUT2D eigenvalue weighted by Gasteiger charge is -2.23. The number of thiazole rings is 1. The van der Waals surface area contributed by atoms with E-state index in [4.69, 9.17) is 15.7 Å². The Morgan fingerprint density at radius 3 is 2.73 bits per heavy atom. The minimum atomic E-state index is -0.437. The van der Waals surface area contributed by atoms with Crippen LogP contribution < -0.4 is 15.5 Å². The van der Waals surface area contributed by atoms with Crippen LogP contribution in [0, 0.1) is 17.1 Å². The van der Waals surface area contributed by atoms with Crippen LogP contribution in [0.2, 0.25) is 0 Å². The van der Waals surface area contributed by atoms with Crippen LogP contribution in [-0.4, -0.2) is 41.1 Å². The summed E-state index contributed by atoms with van der Waals surface area (Å²) in [6.07, 6.45) is 2.86. The number of aromatic nitrogens is 3. The van der Waals surface area contributed by atoms with Gasteiger partial charge in [-0.3, -0.25) is 4.40 Å². The zero-order chi connectivity index (χ0) is 23.5. The van der Waals surface area contributed by atoms with Crippen molar-refractivity contribution in [2.24, 2.45) is 5.73 Å². The fraction of sp³-hybridized carbons (Fsp3) is 0.292. The highest BCUT2D eigenvalue weighted by Gasteiger charge is 2.20. The number of pyridine rings is 1. The Bertz CT molecular complexity index is 1320. The van der Waals surface area contributed by atoms with E-state index in [1.54, 1.807) is 6.07 Å². The van der Waals surface area contributed by atoms with E-state index in [1.807, 2.05) is 23.4 Å². The molecule has 0 saturated heterocycles. The largest absolute Gasteiger partial charge is 0.369 e. The number of rotatable bonds is 8. The zero-order valence-electron chi connectivity index (χ0n) is 18.9. The summed E-state index contributed by atoms with van der Waals surface area (Å²) in [7, 11) is 1.96. The number of fused-ring (bicyclic) bond motifs is 1. The molecule has 0 spiro atoms. The molecule has 0 atom stereocenters. The molecule has 0 aliphatic rings. The fourth-order valence-electron chi connectivity index (χ4n) is 3.94. The van der Waals surface area contributed by atoms with Gasteiger partial charge in [-0.15, -0.1) is 11.3 Å². The number of nitriles is 1. The number of benzene rings is 1. The molecule has 4 aromatic rings. The van der Waals surface area contributed by atoms with Gasteiger partial charge in [0.2, 0.25) is 0 Å².